The predicted octanol–water partition coefficient (Wildman–Crippen LogP) is 1.43. The maximum Gasteiger partial charge on any atom is -1.00 e. The molecule has 0 spiro atoms. The Kier molecular flexibility index (Phi) is 5.01. The molecule has 0 N–H and O–H groups in total. The van der Waals surface area contributed by atoms with Gasteiger partial charge in [0.1, 0.15) is 0 Å². The Labute approximate surface area is 118 Å². The van der Waals surface area contributed by atoms with E-state index in [2.05, 4.69) is 39.8 Å². The summed E-state index contributed by atoms with van der Waals surface area (Å²) in [5, 5.41) is 0. The van der Waals surface area contributed by atoms with Crippen LogP contribution in [0.25, 0.3) is 0 Å². The third-order valence-corrected chi connectivity index (χ3v) is 7.95. The summed E-state index contributed by atoms with van der Waals surface area (Å²) in [6, 6.07) is 0. The van der Waals surface area contributed by atoms with Gasteiger partial charge in [-0.2, -0.15) is 0 Å². The van der Waals surface area contributed by atoms with Gasteiger partial charge in [0.05, 0.1) is 0 Å². The van der Waals surface area contributed by atoms with Crippen LogP contribution in [0, 0.1) is 0 Å². The fourth-order valence-electron chi connectivity index (χ4n) is 2.07. The van der Waals surface area contributed by atoms with Gasteiger partial charge in [0.2, 0.25) is 0 Å². The SMILES string of the molecule is CC1=CC[C]([Zr][C]2=C(C)C(C)=CC2)=C1C.[Cl-].[H-]. The van der Waals surface area contributed by atoms with Gasteiger partial charge in [0, 0.05) is 0 Å². The molecule has 0 fully saturated rings. The molecule has 2 aliphatic carbocycles. The van der Waals surface area contributed by atoms with Gasteiger partial charge in [-0.3, -0.25) is 0 Å². The number of allylic oxidation sites excluding steroid dienone is 8. The first-order valence-corrected chi connectivity index (χ1v) is 8.06. The molecular formula is C14H19ClZr-2. The molecule has 0 saturated carbocycles. The van der Waals surface area contributed by atoms with Gasteiger partial charge in [0.25, 0.3) is 0 Å². The number of hydrogen-bond acceptors (Lipinski definition) is 0. The van der Waals surface area contributed by atoms with Gasteiger partial charge in [-0.15, -0.1) is 0 Å². The average molecular weight is 314 g/mol. The Morgan fingerprint density at radius 2 is 1.25 bits per heavy atom. The molecule has 0 aliphatic heterocycles. The zero-order chi connectivity index (χ0) is 11.0. The molecule has 0 nitrogen and oxygen atoms in total. The molecule has 0 radical (unpaired) electrons. The Hall–Kier alpha value is 0.133. The van der Waals surface area contributed by atoms with Crippen molar-refractivity contribution in [3.63, 3.8) is 0 Å². The second-order valence-corrected chi connectivity index (χ2v) is 8.10. The summed E-state index contributed by atoms with van der Waals surface area (Å²) in [6.07, 6.45) is 7.30. The molecule has 2 heteroatoms. The number of hydrogen-bond donors (Lipinski definition) is 0. The summed E-state index contributed by atoms with van der Waals surface area (Å²) in [5.74, 6) is 0. The van der Waals surface area contributed by atoms with E-state index >= 15 is 0 Å². The quantitative estimate of drug-likeness (QED) is 0.723. The average Bonchev–Trinajstić information content (AvgIpc) is 2.68. The van der Waals surface area contributed by atoms with E-state index in [4.69, 9.17) is 0 Å². The van der Waals surface area contributed by atoms with Crippen LogP contribution in [0.2, 0.25) is 0 Å². The standard InChI is InChI=1S/2C7H9.ClH.Zr.H/c2*1-6-4-3-5-7(6)2;;;/h2*4H,3H2,1-2H3;1H;;/q;;;;-1/p-1. The summed E-state index contributed by atoms with van der Waals surface area (Å²) < 4.78 is 3.60. The third kappa shape index (κ3) is 2.68. The van der Waals surface area contributed by atoms with E-state index in [9.17, 15) is 0 Å². The molecule has 0 amide bonds. The Balaban J connectivity index is 0.00000128. The van der Waals surface area contributed by atoms with Gasteiger partial charge >= 0.3 is 105 Å². The van der Waals surface area contributed by atoms with Crippen molar-refractivity contribution in [2.45, 2.75) is 40.5 Å². The van der Waals surface area contributed by atoms with Crippen LogP contribution in [0.15, 0.2) is 41.0 Å². The second kappa shape index (κ2) is 5.65. The van der Waals surface area contributed by atoms with Crippen molar-refractivity contribution in [3.05, 3.63) is 41.0 Å². The minimum absolute atomic E-state index is 0. The molecule has 0 bridgehead atoms. The summed E-state index contributed by atoms with van der Waals surface area (Å²) in [6.45, 7) is 9.11. The van der Waals surface area contributed by atoms with E-state index in [0.29, 0.717) is 0 Å². The molecule has 2 rings (SSSR count). The third-order valence-electron chi connectivity index (χ3n) is 3.61. The molecule has 16 heavy (non-hydrogen) atoms. The fourth-order valence-corrected chi connectivity index (χ4v) is 5.86. The molecular weight excluding hydrogens is 295 g/mol. The number of halogens is 1. The van der Waals surface area contributed by atoms with Gasteiger partial charge in [-0.25, -0.2) is 0 Å². The molecule has 2 aliphatic rings. The first-order valence-electron chi connectivity index (χ1n) is 5.60. The first-order chi connectivity index (χ1) is 7.09. The number of rotatable bonds is 2. The summed E-state index contributed by atoms with van der Waals surface area (Å²) in [7, 11) is 0. The predicted molar refractivity (Wildman–Crippen MR) is 63.3 cm³/mol. The molecule has 0 atom stereocenters. The van der Waals surface area contributed by atoms with Crippen LogP contribution >= 0.6 is 0 Å². The molecule has 0 aromatic heterocycles. The largest absolute Gasteiger partial charge is 1.00 e. The molecule has 0 aromatic rings. The molecule has 0 heterocycles. The van der Waals surface area contributed by atoms with E-state index in [-0.39, 0.29) is 13.8 Å². The van der Waals surface area contributed by atoms with Crippen molar-refractivity contribution in [1.82, 2.24) is 0 Å². The van der Waals surface area contributed by atoms with E-state index < -0.39 is 23.2 Å². The second-order valence-electron chi connectivity index (χ2n) is 4.51. The van der Waals surface area contributed by atoms with Crippen LogP contribution in [0.4, 0.5) is 0 Å². The van der Waals surface area contributed by atoms with Crippen molar-refractivity contribution in [3.8, 4) is 0 Å². The molecule has 0 aromatic carbocycles. The van der Waals surface area contributed by atoms with Crippen LogP contribution in [0.3, 0.4) is 0 Å². The van der Waals surface area contributed by atoms with Crippen molar-refractivity contribution in [2.24, 2.45) is 0 Å². The molecule has 88 valence electrons. The van der Waals surface area contributed by atoms with E-state index in [1.807, 2.05) is 0 Å². The summed E-state index contributed by atoms with van der Waals surface area (Å²) in [5.41, 5.74) is 6.25. The van der Waals surface area contributed by atoms with Crippen LogP contribution in [0.1, 0.15) is 42.0 Å². The van der Waals surface area contributed by atoms with Crippen LogP contribution in [-0.4, -0.2) is 0 Å². The normalized spacial score (nSPS) is 19.8. The van der Waals surface area contributed by atoms with E-state index in [1.54, 1.807) is 17.7 Å². The topological polar surface area (TPSA) is 0 Å². The zero-order valence-electron chi connectivity index (χ0n) is 11.4. The Morgan fingerprint density at radius 1 is 0.875 bits per heavy atom. The minimum Gasteiger partial charge on any atom is -1.00 e. The van der Waals surface area contributed by atoms with Gasteiger partial charge in [0.15, 0.2) is 0 Å². The van der Waals surface area contributed by atoms with Gasteiger partial charge < -0.3 is 13.8 Å². The Bertz CT molecular complexity index is 388. The Morgan fingerprint density at radius 3 is 1.50 bits per heavy atom. The maximum absolute atomic E-state index is 2.40. The van der Waals surface area contributed by atoms with Crippen molar-refractivity contribution in [2.75, 3.05) is 0 Å². The van der Waals surface area contributed by atoms with Crippen molar-refractivity contribution < 1.29 is 37.1 Å². The fraction of sp³-hybridized carbons (Fsp3) is 0.429. The van der Waals surface area contributed by atoms with Gasteiger partial charge in [-0.05, 0) is 0 Å². The van der Waals surface area contributed by atoms with Crippen LogP contribution in [-0.2, 0) is 23.2 Å². The monoisotopic (exact) mass is 312 g/mol. The zero-order valence-corrected chi connectivity index (χ0v) is 13.7. The summed E-state index contributed by atoms with van der Waals surface area (Å²) in [4.78, 5) is 0. The molecule has 0 saturated heterocycles. The van der Waals surface area contributed by atoms with Crippen molar-refractivity contribution in [1.29, 1.82) is 0 Å². The van der Waals surface area contributed by atoms with Crippen molar-refractivity contribution >= 4 is 0 Å². The summed E-state index contributed by atoms with van der Waals surface area (Å²) >= 11 is -0.438. The van der Waals surface area contributed by atoms with Gasteiger partial charge in [-0.1, -0.05) is 0 Å². The van der Waals surface area contributed by atoms with Crippen LogP contribution < -0.4 is 12.4 Å². The minimum atomic E-state index is -0.438. The first kappa shape index (κ1) is 14.2. The van der Waals surface area contributed by atoms with Crippen LogP contribution in [0.5, 0.6) is 0 Å². The van der Waals surface area contributed by atoms with E-state index in [0.717, 1.165) is 0 Å². The van der Waals surface area contributed by atoms with E-state index in [1.165, 1.54) is 24.0 Å². The smallest absolute Gasteiger partial charge is 1.00 e. The maximum atomic E-state index is 2.40. The molecule has 0 unspecified atom stereocenters.